The van der Waals surface area contributed by atoms with Crippen molar-refractivity contribution in [1.29, 1.82) is 0 Å². The number of rotatable bonds is 7. The summed E-state index contributed by atoms with van der Waals surface area (Å²) in [6, 6.07) is 5.40. The van der Waals surface area contributed by atoms with Gasteiger partial charge in [-0.05, 0) is 49.9 Å². The number of nitrogens with zero attached hydrogens (tertiary/aromatic N) is 2. The van der Waals surface area contributed by atoms with Gasteiger partial charge in [0.1, 0.15) is 0 Å². The molecule has 1 aliphatic rings. The van der Waals surface area contributed by atoms with E-state index in [9.17, 15) is 9.59 Å². The van der Waals surface area contributed by atoms with E-state index in [-0.39, 0.29) is 0 Å². The third-order valence-corrected chi connectivity index (χ3v) is 3.70. The number of hydrogen-bond donors (Lipinski definition) is 1. The lowest BCUT2D eigenvalue weighted by molar-refractivity contribution is -0.145. The largest absolute Gasteiger partial charge is 0.490 e. The molecule has 2 rings (SSSR count). The SMILES string of the molecule is CCCOc1ccc(C=NNC(=O)C(=O)N2CCCC2)cc1OCC. The molecule has 0 aromatic heterocycles. The molecular weight excluding hydrogens is 322 g/mol. The molecule has 0 atom stereocenters. The Morgan fingerprint density at radius 2 is 1.96 bits per heavy atom. The molecule has 2 amide bonds. The highest BCUT2D eigenvalue weighted by atomic mass is 16.5. The number of hydrazone groups is 1. The molecule has 1 aliphatic heterocycles. The molecule has 1 fully saturated rings. The van der Waals surface area contributed by atoms with Crippen LogP contribution >= 0.6 is 0 Å². The maximum Gasteiger partial charge on any atom is 0.329 e. The lowest BCUT2D eigenvalue weighted by atomic mass is 10.2. The summed E-state index contributed by atoms with van der Waals surface area (Å²) in [7, 11) is 0. The van der Waals surface area contributed by atoms with E-state index in [1.54, 1.807) is 12.1 Å². The second-order valence-electron chi connectivity index (χ2n) is 5.69. The highest BCUT2D eigenvalue weighted by Crippen LogP contribution is 2.28. The summed E-state index contributed by atoms with van der Waals surface area (Å²) < 4.78 is 11.2. The zero-order valence-corrected chi connectivity index (χ0v) is 14.8. The first-order valence-corrected chi connectivity index (χ1v) is 8.67. The van der Waals surface area contributed by atoms with Crippen molar-refractivity contribution >= 4 is 18.0 Å². The summed E-state index contributed by atoms with van der Waals surface area (Å²) in [5.41, 5.74) is 3.01. The van der Waals surface area contributed by atoms with Crippen molar-refractivity contribution in [2.24, 2.45) is 5.10 Å². The monoisotopic (exact) mass is 347 g/mol. The average molecular weight is 347 g/mol. The molecule has 1 aromatic carbocycles. The van der Waals surface area contributed by atoms with Crippen molar-refractivity contribution in [2.75, 3.05) is 26.3 Å². The number of carbonyl (C=O) groups is 2. The van der Waals surface area contributed by atoms with Crippen LogP contribution in [-0.2, 0) is 9.59 Å². The number of likely N-dealkylation sites (tertiary alicyclic amines) is 1. The van der Waals surface area contributed by atoms with Gasteiger partial charge < -0.3 is 14.4 Å². The molecule has 1 N–H and O–H groups in total. The minimum absolute atomic E-state index is 0.518. The average Bonchev–Trinajstić information content (AvgIpc) is 3.15. The number of benzene rings is 1. The summed E-state index contributed by atoms with van der Waals surface area (Å²) >= 11 is 0. The summed E-state index contributed by atoms with van der Waals surface area (Å²) in [4.78, 5) is 25.2. The lowest BCUT2D eigenvalue weighted by Crippen LogP contribution is -2.39. The van der Waals surface area contributed by atoms with Crippen LogP contribution in [0.1, 0.15) is 38.7 Å². The predicted octanol–water partition coefficient (Wildman–Crippen LogP) is 1.95. The second-order valence-corrected chi connectivity index (χ2v) is 5.69. The van der Waals surface area contributed by atoms with Crippen LogP contribution in [0.25, 0.3) is 0 Å². The Morgan fingerprint density at radius 1 is 1.20 bits per heavy atom. The Kier molecular flexibility index (Phi) is 7.25. The summed E-state index contributed by atoms with van der Waals surface area (Å²) in [5, 5.41) is 3.86. The van der Waals surface area contributed by atoms with Crippen LogP contribution in [0, 0.1) is 0 Å². The normalized spacial score (nSPS) is 13.9. The van der Waals surface area contributed by atoms with E-state index < -0.39 is 11.8 Å². The zero-order chi connectivity index (χ0) is 18.1. The van der Waals surface area contributed by atoms with Crippen LogP contribution in [0.4, 0.5) is 0 Å². The van der Waals surface area contributed by atoms with E-state index >= 15 is 0 Å². The smallest absolute Gasteiger partial charge is 0.329 e. The van der Waals surface area contributed by atoms with Crippen molar-refractivity contribution in [2.45, 2.75) is 33.1 Å². The van der Waals surface area contributed by atoms with E-state index in [4.69, 9.17) is 9.47 Å². The van der Waals surface area contributed by atoms with Gasteiger partial charge in [-0.1, -0.05) is 6.92 Å². The molecular formula is C18H25N3O4. The van der Waals surface area contributed by atoms with Crippen molar-refractivity contribution in [1.82, 2.24) is 10.3 Å². The van der Waals surface area contributed by atoms with Crippen molar-refractivity contribution in [3.8, 4) is 11.5 Å². The number of hydrogen-bond acceptors (Lipinski definition) is 5. The van der Waals surface area contributed by atoms with Gasteiger partial charge in [0.05, 0.1) is 19.4 Å². The van der Waals surface area contributed by atoms with Crippen LogP contribution < -0.4 is 14.9 Å². The Labute approximate surface area is 148 Å². The van der Waals surface area contributed by atoms with Crippen LogP contribution in [0.15, 0.2) is 23.3 Å². The fraction of sp³-hybridized carbons (Fsp3) is 0.500. The molecule has 136 valence electrons. The van der Waals surface area contributed by atoms with Gasteiger partial charge in [-0.15, -0.1) is 0 Å². The van der Waals surface area contributed by atoms with Crippen LogP contribution in [0.5, 0.6) is 11.5 Å². The lowest BCUT2D eigenvalue weighted by Gasteiger charge is -2.13. The fourth-order valence-corrected chi connectivity index (χ4v) is 2.48. The summed E-state index contributed by atoms with van der Waals surface area (Å²) in [6.07, 6.45) is 4.26. The van der Waals surface area contributed by atoms with Crippen molar-refractivity contribution in [3.63, 3.8) is 0 Å². The van der Waals surface area contributed by atoms with Crippen LogP contribution in [-0.4, -0.2) is 49.2 Å². The summed E-state index contributed by atoms with van der Waals surface area (Å²) in [5.74, 6) is 0.0486. The van der Waals surface area contributed by atoms with E-state index in [2.05, 4.69) is 10.5 Å². The molecule has 0 spiro atoms. The topological polar surface area (TPSA) is 80.2 Å². The Bertz CT molecular complexity index is 625. The van der Waals surface area contributed by atoms with Crippen LogP contribution in [0.3, 0.4) is 0 Å². The van der Waals surface area contributed by atoms with Gasteiger partial charge >= 0.3 is 11.8 Å². The van der Waals surface area contributed by atoms with Gasteiger partial charge in [0.25, 0.3) is 0 Å². The Balaban J connectivity index is 1.96. The molecule has 7 heteroatoms. The fourth-order valence-electron chi connectivity index (χ4n) is 2.48. The number of amides is 2. The number of ether oxygens (including phenoxy) is 2. The van der Waals surface area contributed by atoms with E-state index in [0.717, 1.165) is 24.8 Å². The molecule has 0 saturated carbocycles. The van der Waals surface area contributed by atoms with Gasteiger partial charge in [0.2, 0.25) is 0 Å². The third kappa shape index (κ3) is 5.48. The highest BCUT2D eigenvalue weighted by Gasteiger charge is 2.23. The molecule has 0 radical (unpaired) electrons. The number of nitrogens with one attached hydrogen (secondary N) is 1. The molecule has 7 nitrogen and oxygen atoms in total. The zero-order valence-electron chi connectivity index (χ0n) is 14.8. The van der Waals surface area contributed by atoms with Gasteiger partial charge in [-0.2, -0.15) is 5.10 Å². The molecule has 0 bridgehead atoms. The molecule has 1 aromatic rings. The Hall–Kier alpha value is -2.57. The van der Waals surface area contributed by atoms with Crippen molar-refractivity contribution in [3.05, 3.63) is 23.8 Å². The minimum Gasteiger partial charge on any atom is -0.490 e. The van der Waals surface area contributed by atoms with Crippen LogP contribution in [0.2, 0.25) is 0 Å². The molecule has 1 heterocycles. The minimum atomic E-state index is -0.717. The predicted molar refractivity (Wildman–Crippen MR) is 94.9 cm³/mol. The summed E-state index contributed by atoms with van der Waals surface area (Å²) in [6.45, 7) is 6.33. The molecule has 0 unspecified atom stereocenters. The highest BCUT2D eigenvalue weighted by molar-refractivity contribution is 6.35. The van der Waals surface area contributed by atoms with E-state index in [0.29, 0.717) is 37.8 Å². The van der Waals surface area contributed by atoms with E-state index in [1.165, 1.54) is 11.1 Å². The van der Waals surface area contributed by atoms with Gasteiger partial charge in [0, 0.05) is 13.1 Å². The quantitative estimate of drug-likeness (QED) is 0.464. The van der Waals surface area contributed by atoms with Gasteiger partial charge in [-0.3, -0.25) is 9.59 Å². The van der Waals surface area contributed by atoms with E-state index in [1.807, 2.05) is 19.9 Å². The maximum atomic E-state index is 11.9. The maximum absolute atomic E-state index is 11.9. The molecule has 0 aliphatic carbocycles. The number of carbonyl (C=O) groups excluding carboxylic acids is 2. The first-order valence-electron chi connectivity index (χ1n) is 8.67. The molecule has 1 saturated heterocycles. The first kappa shape index (κ1) is 18.8. The Morgan fingerprint density at radius 3 is 2.64 bits per heavy atom. The first-order chi connectivity index (χ1) is 12.2. The third-order valence-electron chi connectivity index (χ3n) is 3.70. The second kappa shape index (κ2) is 9.66. The standard InChI is InChI=1S/C18H25N3O4/c1-3-11-25-15-8-7-14(12-16(15)24-4-2)13-19-20-17(22)18(23)21-9-5-6-10-21/h7-8,12-13H,3-6,9-11H2,1-2H3,(H,20,22). The van der Waals surface area contributed by atoms with Gasteiger partial charge in [0.15, 0.2) is 11.5 Å². The van der Waals surface area contributed by atoms with Gasteiger partial charge in [-0.25, -0.2) is 5.43 Å². The molecule has 25 heavy (non-hydrogen) atoms. The van der Waals surface area contributed by atoms with Crippen molar-refractivity contribution < 1.29 is 19.1 Å².